The summed E-state index contributed by atoms with van der Waals surface area (Å²) in [5, 5.41) is 3.28. The van der Waals surface area contributed by atoms with E-state index >= 15 is 0 Å². The monoisotopic (exact) mass is 393 g/mol. The van der Waals surface area contributed by atoms with Gasteiger partial charge in [-0.1, -0.05) is 23.2 Å². The maximum Gasteiger partial charge on any atom is 0.244 e. The smallest absolute Gasteiger partial charge is 0.244 e. The highest BCUT2D eigenvalue weighted by atomic mass is 35.5. The molecule has 0 aliphatic carbocycles. The molecule has 0 saturated carbocycles. The van der Waals surface area contributed by atoms with Crippen molar-refractivity contribution in [2.45, 2.75) is 24.2 Å². The minimum Gasteiger partial charge on any atom is -0.356 e. The number of benzene rings is 1. The molecule has 1 aromatic carbocycles. The van der Waals surface area contributed by atoms with Gasteiger partial charge in [0.2, 0.25) is 15.9 Å². The molecule has 0 aromatic heterocycles. The number of nitrogens with two attached hydrogens (primary N) is 1. The van der Waals surface area contributed by atoms with Crippen LogP contribution in [0.3, 0.4) is 0 Å². The molecule has 1 heterocycles. The van der Waals surface area contributed by atoms with E-state index in [1.165, 1.54) is 16.4 Å². The van der Waals surface area contributed by atoms with Crippen molar-refractivity contribution in [3.05, 3.63) is 28.2 Å². The molecule has 9 heteroatoms. The summed E-state index contributed by atoms with van der Waals surface area (Å²) in [6.45, 7) is 1.63. The lowest BCUT2D eigenvalue weighted by Gasteiger charge is -2.30. The summed E-state index contributed by atoms with van der Waals surface area (Å²) in [6, 6.07) is 4.36. The lowest BCUT2D eigenvalue weighted by molar-refractivity contribution is -0.126. The Morgan fingerprint density at radius 2 is 1.96 bits per heavy atom. The van der Waals surface area contributed by atoms with Crippen LogP contribution in [-0.4, -0.2) is 44.8 Å². The number of nitrogens with one attached hydrogen (secondary N) is 1. The number of amides is 1. The molecule has 0 bridgehead atoms. The third kappa shape index (κ3) is 4.61. The van der Waals surface area contributed by atoms with Gasteiger partial charge >= 0.3 is 0 Å². The van der Waals surface area contributed by atoms with E-state index in [2.05, 4.69) is 5.32 Å². The number of halogens is 2. The maximum absolute atomic E-state index is 12.7. The molecule has 0 radical (unpaired) electrons. The summed E-state index contributed by atoms with van der Waals surface area (Å²) < 4.78 is 26.8. The van der Waals surface area contributed by atoms with Crippen LogP contribution >= 0.6 is 23.2 Å². The van der Waals surface area contributed by atoms with Crippen molar-refractivity contribution in [2.24, 2.45) is 11.7 Å². The van der Waals surface area contributed by atoms with E-state index < -0.39 is 10.0 Å². The highest BCUT2D eigenvalue weighted by molar-refractivity contribution is 7.89. The van der Waals surface area contributed by atoms with E-state index in [1.807, 2.05) is 0 Å². The molecule has 1 saturated heterocycles. The third-order valence-electron chi connectivity index (χ3n) is 4.02. The Morgan fingerprint density at radius 1 is 1.29 bits per heavy atom. The van der Waals surface area contributed by atoms with Gasteiger partial charge in [0.25, 0.3) is 0 Å². The van der Waals surface area contributed by atoms with Crippen LogP contribution in [0.4, 0.5) is 0 Å². The van der Waals surface area contributed by atoms with Crippen molar-refractivity contribution in [1.29, 1.82) is 0 Å². The predicted molar refractivity (Wildman–Crippen MR) is 94.6 cm³/mol. The van der Waals surface area contributed by atoms with Crippen molar-refractivity contribution in [3.8, 4) is 0 Å². The van der Waals surface area contributed by atoms with Crippen LogP contribution in [0.5, 0.6) is 0 Å². The van der Waals surface area contributed by atoms with Gasteiger partial charge in [0.15, 0.2) is 0 Å². The Balaban J connectivity index is 2.01. The van der Waals surface area contributed by atoms with Crippen molar-refractivity contribution in [2.75, 3.05) is 26.2 Å². The second-order valence-corrected chi connectivity index (χ2v) is 8.44. The number of hydrogen-bond donors (Lipinski definition) is 2. The quantitative estimate of drug-likeness (QED) is 0.721. The Labute approximate surface area is 152 Å². The van der Waals surface area contributed by atoms with Crippen LogP contribution in [-0.2, 0) is 14.8 Å². The number of hydrogen-bond acceptors (Lipinski definition) is 4. The summed E-state index contributed by atoms with van der Waals surface area (Å²) in [5.41, 5.74) is 5.39. The highest BCUT2D eigenvalue weighted by Crippen LogP contribution is 2.30. The molecule has 3 N–H and O–H groups in total. The molecule has 1 aromatic rings. The van der Waals surface area contributed by atoms with Crippen LogP contribution in [0.15, 0.2) is 23.1 Å². The summed E-state index contributed by atoms with van der Waals surface area (Å²) in [7, 11) is -3.72. The number of carbonyl (C=O) groups is 1. The largest absolute Gasteiger partial charge is 0.356 e. The van der Waals surface area contributed by atoms with Crippen molar-refractivity contribution >= 4 is 39.1 Å². The summed E-state index contributed by atoms with van der Waals surface area (Å²) in [6.07, 6.45) is 1.68. The number of piperidine rings is 1. The van der Waals surface area contributed by atoms with E-state index in [-0.39, 0.29) is 34.8 Å². The number of nitrogens with zero attached hydrogens (tertiary/aromatic N) is 1. The second-order valence-electron chi connectivity index (χ2n) is 5.69. The maximum atomic E-state index is 12.7. The van der Waals surface area contributed by atoms with Crippen LogP contribution in [0.1, 0.15) is 19.3 Å². The first kappa shape index (κ1) is 19.5. The van der Waals surface area contributed by atoms with Crippen molar-refractivity contribution in [1.82, 2.24) is 9.62 Å². The molecule has 24 heavy (non-hydrogen) atoms. The Morgan fingerprint density at radius 3 is 2.58 bits per heavy atom. The second kappa shape index (κ2) is 8.49. The zero-order valence-electron chi connectivity index (χ0n) is 13.2. The molecule has 134 valence electrons. The first-order valence-electron chi connectivity index (χ1n) is 7.79. The van der Waals surface area contributed by atoms with Crippen molar-refractivity contribution in [3.63, 3.8) is 0 Å². The molecule has 2 rings (SSSR count). The zero-order valence-corrected chi connectivity index (χ0v) is 15.5. The zero-order chi connectivity index (χ0) is 17.7. The molecular formula is C15H21Cl2N3O3S. The SMILES string of the molecule is NCCCNC(=O)C1CCN(S(=O)(=O)c2cc(Cl)ccc2Cl)CC1. The van der Waals surface area contributed by atoms with E-state index in [0.717, 1.165) is 6.42 Å². The minimum absolute atomic E-state index is 0.00233. The average molecular weight is 394 g/mol. The summed E-state index contributed by atoms with van der Waals surface area (Å²) in [4.78, 5) is 12.0. The standard InChI is InChI=1S/C15H21Cl2N3O3S/c16-12-2-3-13(17)14(10-12)24(22,23)20-8-4-11(5-9-20)15(21)19-7-1-6-18/h2-3,10-11H,1,4-9,18H2,(H,19,21). The fourth-order valence-electron chi connectivity index (χ4n) is 2.63. The molecule has 6 nitrogen and oxygen atoms in total. The van der Waals surface area contributed by atoms with Crippen molar-refractivity contribution < 1.29 is 13.2 Å². The normalized spacial score (nSPS) is 17.0. The molecule has 1 amide bonds. The van der Waals surface area contributed by atoms with Gasteiger partial charge in [0, 0.05) is 30.6 Å². The summed E-state index contributed by atoms with van der Waals surface area (Å²) >= 11 is 11.9. The molecular weight excluding hydrogens is 373 g/mol. The molecule has 0 atom stereocenters. The first-order valence-corrected chi connectivity index (χ1v) is 9.99. The van der Waals surface area contributed by atoms with Crippen LogP contribution in [0, 0.1) is 5.92 Å². The average Bonchev–Trinajstić information content (AvgIpc) is 2.57. The van der Waals surface area contributed by atoms with E-state index in [0.29, 0.717) is 31.0 Å². The summed E-state index contributed by atoms with van der Waals surface area (Å²) in [5.74, 6) is -0.217. The van der Waals surface area contributed by atoms with Gasteiger partial charge in [0.1, 0.15) is 4.90 Å². The van der Waals surface area contributed by atoms with E-state index in [1.54, 1.807) is 6.07 Å². The highest BCUT2D eigenvalue weighted by Gasteiger charge is 2.33. The van der Waals surface area contributed by atoms with Crippen LogP contribution < -0.4 is 11.1 Å². The fourth-order valence-corrected chi connectivity index (χ4v) is 4.84. The number of sulfonamides is 1. The van der Waals surface area contributed by atoms with E-state index in [4.69, 9.17) is 28.9 Å². The fraction of sp³-hybridized carbons (Fsp3) is 0.533. The first-order chi connectivity index (χ1) is 11.4. The molecule has 1 aliphatic heterocycles. The Kier molecular flexibility index (Phi) is 6.88. The van der Waals surface area contributed by atoms with E-state index in [9.17, 15) is 13.2 Å². The minimum atomic E-state index is -3.72. The van der Waals surface area contributed by atoms with Gasteiger partial charge in [-0.05, 0) is 44.0 Å². The predicted octanol–water partition coefficient (Wildman–Crippen LogP) is 1.86. The van der Waals surface area contributed by atoms with Gasteiger partial charge < -0.3 is 11.1 Å². The third-order valence-corrected chi connectivity index (χ3v) is 6.63. The number of carbonyl (C=O) groups excluding carboxylic acids is 1. The van der Waals surface area contributed by atoms with Gasteiger partial charge in [-0.15, -0.1) is 0 Å². The topological polar surface area (TPSA) is 92.5 Å². The Hall–Kier alpha value is -0.860. The lowest BCUT2D eigenvalue weighted by Crippen LogP contribution is -2.43. The molecule has 1 aliphatic rings. The molecule has 1 fully saturated rings. The van der Waals surface area contributed by atoms with Crippen LogP contribution in [0.25, 0.3) is 0 Å². The molecule has 0 spiro atoms. The Bertz CT molecular complexity index is 689. The lowest BCUT2D eigenvalue weighted by atomic mass is 9.97. The number of rotatable bonds is 6. The van der Waals surface area contributed by atoms with Gasteiger partial charge in [-0.25, -0.2) is 8.42 Å². The van der Waals surface area contributed by atoms with Crippen LogP contribution in [0.2, 0.25) is 10.0 Å². The van der Waals surface area contributed by atoms with Gasteiger partial charge in [-0.3, -0.25) is 4.79 Å². The van der Waals surface area contributed by atoms with Gasteiger partial charge in [0.05, 0.1) is 5.02 Å². The molecule has 0 unspecified atom stereocenters. The van der Waals surface area contributed by atoms with Gasteiger partial charge in [-0.2, -0.15) is 4.31 Å².